The van der Waals surface area contributed by atoms with Crippen molar-refractivity contribution in [1.82, 2.24) is 10.6 Å². The summed E-state index contributed by atoms with van der Waals surface area (Å²) in [6.45, 7) is 5.89. The van der Waals surface area contributed by atoms with E-state index in [4.69, 9.17) is 5.73 Å². The van der Waals surface area contributed by atoms with Gasteiger partial charge in [-0.2, -0.15) is 0 Å². The maximum absolute atomic E-state index is 11.9. The van der Waals surface area contributed by atoms with Crippen LogP contribution >= 0.6 is 0 Å². The van der Waals surface area contributed by atoms with Crippen LogP contribution in [0, 0.1) is 11.8 Å². The van der Waals surface area contributed by atoms with Gasteiger partial charge in [-0.1, -0.05) is 11.8 Å². The molecule has 5 nitrogen and oxygen atoms in total. The molecule has 1 aromatic carbocycles. The monoisotopic (exact) mass is 287 g/mol. The van der Waals surface area contributed by atoms with E-state index in [-0.39, 0.29) is 23.9 Å². The van der Waals surface area contributed by atoms with Gasteiger partial charge in [0.05, 0.1) is 13.1 Å². The Balaban J connectivity index is 2.54. The van der Waals surface area contributed by atoms with Crippen LogP contribution in [0.2, 0.25) is 0 Å². The average Bonchev–Trinajstić information content (AvgIpc) is 2.41. The van der Waals surface area contributed by atoms with Crippen molar-refractivity contribution in [3.63, 3.8) is 0 Å². The minimum absolute atomic E-state index is 0.0508. The molecule has 0 saturated carbocycles. The largest absolute Gasteiger partial charge is 0.350 e. The molecule has 0 unspecified atom stereocenters. The summed E-state index contributed by atoms with van der Waals surface area (Å²) in [5.74, 6) is 5.10. The fourth-order valence-corrected chi connectivity index (χ4v) is 1.58. The first-order valence-electron chi connectivity index (χ1n) is 6.70. The molecule has 1 rings (SSSR count). The van der Waals surface area contributed by atoms with Crippen LogP contribution in [0.25, 0.3) is 0 Å². The van der Waals surface area contributed by atoms with Gasteiger partial charge in [0.1, 0.15) is 0 Å². The maximum atomic E-state index is 11.9. The summed E-state index contributed by atoms with van der Waals surface area (Å²) in [6.07, 6.45) is 0. The molecule has 0 aliphatic carbocycles. The summed E-state index contributed by atoms with van der Waals surface area (Å²) in [5, 5.41) is 5.35. The predicted octanol–water partition coefficient (Wildman–Crippen LogP) is 0.641. The van der Waals surface area contributed by atoms with E-state index in [0.717, 1.165) is 5.56 Å². The molecular weight excluding hydrogens is 266 g/mol. The summed E-state index contributed by atoms with van der Waals surface area (Å²) in [6, 6.07) is 6.81. The molecule has 0 radical (unpaired) electrons. The van der Waals surface area contributed by atoms with E-state index in [2.05, 4.69) is 22.5 Å². The number of amides is 2. The highest BCUT2D eigenvalue weighted by molar-refractivity contribution is 5.96. The lowest BCUT2D eigenvalue weighted by atomic mass is 10.1. The molecule has 0 bridgehead atoms. The highest BCUT2D eigenvalue weighted by Crippen LogP contribution is 2.03. The van der Waals surface area contributed by atoms with E-state index in [1.54, 1.807) is 24.3 Å². The van der Waals surface area contributed by atoms with Gasteiger partial charge in [-0.05, 0) is 45.0 Å². The lowest BCUT2D eigenvalue weighted by molar-refractivity contribution is -0.121. The number of nitrogens with two attached hydrogens (primary N) is 1. The normalized spacial score (nSPS) is 10.3. The second kappa shape index (κ2) is 7.46. The second-order valence-corrected chi connectivity index (χ2v) is 5.56. The van der Waals surface area contributed by atoms with Gasteiger partial charge in [-0.25, -0.2) is 0 Å². The highest BCUT2D eigenvalue weighted by atomic mass is 16.2. The van der Waals surface area contributed by atoms with E-state index in [1.165, 1.54) is 0 Å². The summed E-state index contributed by atoms with van der Waals surface area (Å²) < 4.78 is 0. The van der Waals surface area contributed by atoms with Crippen molar-refractivity contribution >= 4 is 11.8 Å². The molecule has 112 valence electrons. The Morgan fingerprint density at radius 1 is 1.19 bits per heavy atom. The van der Waals surface area contributed by atoms with Crippen molar-refractivity contribution in [1.29, 1.82) is 0 Å². The molecule has 0 spiro atoms. The molecule has 2 amide bonds. The molecular formula is C16H21N3O2. The molecule has 0 aromatic heterocycles. The van der Waals surface area contributed by atoms with Crippen molar-refractivity contribution < 1.29 is 9.59 Å². The SMILES string of the molecule is CC(C)(C)NC(=O)CNC(=O)c1ccc(C#CCN)cc1. The van der Waals surface area contributed by atoms with Gasteiger partial charge in [0.15, 0.2) is 0 Å². The first-order chi connectivity index (χ1) is 9.81. The maximum Gasteiger partial charge on any atom is 0.251 e. The molecule has 1 aromatic rings. The molecule has 0 fully saturated rings. The molecule has 0 aliphatic rings. The van der Waals surface area contributed by atoms with Gasteiger partial charge in [0.2, 0.25) is 5.91 Å². The lowest BCUT2D eigenvalue weighted by Crippen LogP contribution is -2.45. The van der Waals surface area contributed by atoms with Crippen LogP contribution in [0.1, 0.15) is 36.7 Å². The zero-order valence-electron chi connectivity index (χ0n) is 12.6. The topological polar surface area (TPSA) is 84.2 Å². The number of rotatable bonds is 3. The van der Waals surface area contributed by atoms with Crippen LogP contribution in [0.5, 0.6) is 0 Å². The van der Waals surface area contributed by atoms with Gasteiger partial charge >= 0.3 is 0 Å². The second-order valence-electron chi connectivity index (χ2n) is 5.56. The summed E-state index contributed by atoms with van der Waals surface area (Å²) in [4.78, 5) is 23.5. The van der Waals surface area contributed by atoms with Gasteiger partial charge < -0.3 is 16.4 Å². The Labute approximate surface area is 125 Å². The minimum Gasteiger partial charge on any atom is -0.350 e. The summed E-state index contributed by atoms with van der Waals surface area (Å²) in [5.41, 5.74) is 6.25. The number of carbonyl (C=O) groups excluding carboxylic acids is 2. The number of nitrogens with one attached hydrogen (secondary N) is 2. The molecule has 5 heteroatoms. The third-order valence-electron chi connectivity index (χ3n) is 2.41. The van der Waals surface area contributed by atoms with E-state index in [1.807, 2.05) is 20.8 Å². The number of carbonyl (C=O) groups is 2. The Hall–Kier alpha value is -2.32. The highest BCUT2D eigenvalue weighted by Gasteiger charge is 2.14. The van der Waals surface area contributed by atoms with Gasteiger partial charge in [0, 0.05) is 16.7 Å². The van der Waals surface area contributed by atoms with Crippen LogP contribution in [0.15, 0.2) is 24.3 Å². The third kappa shape index (κ3) is 6.59. The van der Waals surface area contributed by atoms with Crippen LogP contribution in [0.4, 0.5) is 0 Å². The van der Waals surface area contributed by atoms with Crippen LogP contribution in [-0.4, -0.2) is 30.4 Å². The standard InChI is InChI=1S/C16H21N3O2/c1-16(2,3)19-14(20)11-18-15(21)13-8-6-12(7-9-13)5-4-10-17/h6-9H,10-11,17H2,1-3H3,(H,18,21)(H,19,20). The molecule has 21 heavy (non-hydrogen) atoms. The fraction of sp³-hybridized carbons (Fsp3) is 0.375. The number of hydrogen-bond donors (Lipinski definition) is 3. The Kier molecular flexibility index (Phi) is 5.94. The lowest BCUT2D eigenvalue weighted by Gasteiger charge is -2.20. The number of benzene rings is 1. The molecule has 0 aliphatic heterocycles. The Bertz CT molecular complexity index is 560. The van der Waals surface area contributed by atoms with Gasteiger partial charge in [0.25, 0.3) is 5.91 Å². The Morgan fingerprint density at radius 3 is 2.33 bits per heavy atom. The third-order valence-corrected chi connectivity index (χ3v) is 2.41. The zero-order chi connectivity index (χ0) is 15.9. The van der Waals surface area contributed by atoms with Crippen LogP contribution in [0.3, 0.4) is 0 Å². The van der Waals surface area contributed by atoms with E-state index >= 15 is 0 Å². The van der Waals surface area contributed by atoms with E-state index in [9.17, 15) is 9.59 Å². The van der Waals surface area contributed by atoms with E-state index < -0.39 is 0 Å². The van der Waals surface area contributed by atoms with Crippen LogP contribution in [-0.2, 0) is 4.79 Å². The molecule has 0 atom stereocenters. The summed E-state index contributed by atoms with van der Waals surface area (Å²) in [7, 11) is 0. The quantitative estimate of drug-likeness (QED) is 0.713. The van der Waals surface area contributed by atoms with E-state index in [0.29, 0.717) is 12.1 Å². The predicted molar refractivity (Wildman–Crippen MR) is 82.6 cm³/mol. The van der Waals surface area contributed by atoms with Crippen molar-refractivity contribution in [2.45, 2.75) is 26.3 Å². The zero-order valence-corrected chi connectivity index (χ0v) is 12.6. The van der Waals surface area contributed by atoms with Crippen molar-refractivity contribution in [3.05, 3.63) is 35.4 Å². The first-order valence-corrected chi connectivity index (χ1v) is 6.70. The molecule has 0 saturated heterocycles. The molecule has 0 heterocycles. The minimum atomic E-state index is -0.314. The van der Waals surface area contributed by atoms with Crippen molar-refractivity contribution in [2.24, 2.45) is 5.73 Å². The van der Waals surface area contributed by atoms with Crippen LogP contribution < -0.4 is 16.4 Å². The van der Waals surface area contributed by atoms with Crippen molar-refractivity contribution in [2.75, 3.05) is 13.1 Å². The smallest absolute Gasteiger partial charge is 0.251 e. The van der Waals surface area contributed by atoms with Crippen molar-refractivity contribution in [3.8, 4) is 11.8 Å². The van der Waals surface area contributed by atoms with Gasteiger partial charge in [-0.15, -0.1) is 0 Å². The Morgan fingerprint density at radius 2 is 1.81 bits per heavy atom. The average molecular weight is 287 g/mol. The van der Waals surface area contributed by atoms with Gasteiger partial charge in [-0.3, -0.25) is 9.59 Å². The summed E-state index contributed by atoms with van der Waals surface area (Å²) >= 11 is 0. The number of hydrogen-bond acceptors (Lipinski definition) is 3. The molecule has 4 N–H and O–H groups in total. The fourth-order valence-electron chi connectivity index (χ4n) is 1.58. The first kappa shape index (κ1) is 16.7.